The summed E-state index contributed by atoms with van der Waals surface area (Å²) in [4.78, 5) is 18.9. The quantitative estimate of drug-likeness (QED) is 0.822. The van der Waals surface area contributed by atoms with E-state index < -0.39 is 0 Å². The fourth-order valence-corrected chi connectivity index (χ4v) is 2.92. The van der Waals surface area contributed by atoms with Gasteiger partial charge < -0.3 is 15.3 Å². The van der Waals surface area contributed by atoms with Crippen molar-refractivity contribution in [3.63, 3.8) is 0 Å². The summed E-state index contributed by atoms with van der Waals surface area (Å²) < 4.78 is 0.805. The van der Waals surface area contributed by atoms with Gasteiger partial charge in [0.15, 0.2) is 0 Å². The first-order valence-corrected chi connectivity index (χ1v) is 8.24. The molecule has 0 aliphatic carbocycles. The average molecular weight is 356 g/mol. The van der Waals surface area contributed by atoms with Crippen molar-refractivity contribution in [1.82, 2.24) is 9.88 Å². The molecule has 1 saturated heterocycles. The maximum Gasteiger partial charge on any atom is 0.257 e. The Kier molecular flexibility index (Phi) is 5.99. The summed E-state index contributed by atoms with van der Waals surface area (Å²) in [6.45, 7) is 4.53. The predicted molar refractivity (Wildman–Crippen MR) is 86.4 cm³/mol. The first-order chi connectivity index (χ1) is 10.2. The molecule has 2 rings (SSSR count). The van der Waals surface area contributed by atoms with E-state index in [9.17, 15) is 4.79 Å². The molecule has 21 heavy (non-hydrogen) atoms. The molecule has 0 radical (unpaired) electrons. The smallest absolute Gasteiger partial charge is 0.257 e. The number of likely N-dealkylation sites (tertiary alicyclic amines) is 1. The minimum absolute atomic E-state index is 0.0165. The lowest BCUT2D eigenvalue weighted by molar-refractivity contribution is 0.0785. The molecule has 1 aromatic heterocycles. The van der Waals surface area contributed by atoms with Crippen molar-refractivity contribution in [3.8, 4) is 0 Å². The van der Waals surface area contributed by atoms with Crippen LogP contribution in [0, 0.1) is 5.92 Å². The van der Waals surface area contributed by atoms with E-state index in [0.29, 0.717) is 17.3 Å². The van der Waals surface area contributed by atoms with Gasteiger partial charge in [-0.05, 0) is 47.2 Å². The van der Waals surface area contributed by atoms with Crippen LogP contribution in [-0.2, 0) is 0 Å². The number of halogens is 1. The molecule has 1 atom stereocenters. The van der Waals surface area contributed by atoms with Gasteiger partial charge in [-0.1, -0.05) is 6.92 Å². The Morgan fingerprint density at radius 3 is 3.14 bits per heavy atom. The third-order valence-corrected chi connectivity index (χ3v) is 4.17. The molecule has 2 N–H and O–H groups in total. The first-order valence-electron chi connectivity index (χ1n) is 7.45. The molecular weight excluding hydrogens is 334 g/mol. The topological polar surface area (TPSA) is 65.5 Å². The van der Waals surface area contributed by atoms with Crippen molar-refractivity contribution < 1.29 is 9.90 Å². The number of aliphatic hydroxyl groups excluding tert-OH is 1. The molecule has 0 spiro atoms. The summed E-state index contributed by atoms with van der Waals surface area (Å²) in [5.41, 5.74) is 0.613. The van der Waals surface area contributed by atoms with E-state index in [2.05, 4.69) is 33.2 Å². The van der Waals surface area contributed by atoms with E-state index in [4.69, 9.17) is 5.11 Å². The van der Waals surface area contributed by atoms with Crippen LogP contribution in [0.4, 0.5) is 5.82 Å². The molecule has 2 heterocycles. The van der Waals surface area contributed by atoms with Gasteiger partial charge in [0.05, 0.1) is 5.56 Å². The Bertz CT molecular complexity index is 496. The highest BCUT2D eigenvalue weighted by Crippen LogP contribution is 2.25. The third kappa shape index (κ3) is 4.17. The molecule has 1 unspecified atom stereocenters. The summed E-state index contributed by atoms with van der Waals surface area (Å²) >= 11 is 3.38. The van der Waals surface area contributed by atoms with Gasteiger partial charge in [-0.25, -0.2) is 4.98 Å². The maximum atomic E-state index is 12.7. The van der Waals surface area contributed by atoms with E-state index in [0.717, 1.165) is 43.4 Å². The third-order valence-electron chi connectivity index (χ3n) is 3.74. The van der Waals surface area contributed by atoms with Gasteiger partial charge in [-0.3, -0.25) is 4.79 Å². The van der Waals surface area contributed by atoms with E-state index in [1.54, 1.807) is 6.20 Å². The van der Waals surface area contributed by atoms with Crippen molar-refractivity contribution >= 4 is 27.7 Å². The summed E-state index contributed by atoms with van der Waals surface area (Å²) in [7, 11) is 0. The zero-order valence-electron chi connectivity index (χ0n) is 12.3. The van der Waals surface area contributed by atoms with Crippen LogP contribution in [0.15, 0.2) is 16.7 Å². The van der Waals surface area contributed by atoms with Crippen LogP contribution in [0.25, 0.3) is 0 Å². The molecule has 0 bridgehead atoms. The number of pyridine rings is 1. The number of hydrogen-bond acceptors (Lipinski definition) is 4. The summed E-state index contributed by atoms with van der Waals surface area (Å²) in [5, 5.41) is 12.2. The van der Waals surface area contributed by atoms with Gasteiger partial charge in [0.2, 0.25) is 0 Å². The van der Waals surface area contributed by atoms with Crippen LogP contribution < -0.4 is 5.32 Å². The molecule has 1 amide bonds. The predicted octanol–water partition coefficient (Wildman–Crippen LogP) is 2.51. The van der Waals surface area contributed by atoms with Crippen molar-refractivity contribution in [2.45, 2.75) is 26.2 Å². The van der Waals surface area contributed by atoms with Crippen LogP contribution in [0.5, 0.6) is 0 Å². The number of hydrogen-bond donors (Lipinski definition) is 2. The highest BCUT2D eigenvalue weighted by molar-refractivity contribution is 9.10. The number of aromatic nitrogens is 1. The van der Waals surface area contributed by atoms with Crippen LogP contribution in [-0.4, -0.2) is 47.1 Å². The van der Waals surface area contributed by atoms with Crippen LogP contribution in [0.3, 0.4) is 0 Å². The number of nitrogens with one attached hydrogen (secondary N) is 1. The molecular formula is C15H22BrN3O2. The van der Waals surface area contributed by atoms with Gasteiger partial charge in [-0.2, -0.15) is 0 Å². The number of carbonyl (C=O) groups is 1. The van der Waals surface area contributed by atoms with Crippen molar-refractivity contribution in [3.05, 3.63) is 22.3 Å². The fraction of sp³-hybridized carbons (Fsp3) is 0.600. The zero-order valence-corrected chi connectivity index (χ0v) is 13.9. The number of rotatable bonds is 6. The van der Waals surface area contributed by atoms with Crippen LogP contribution in [0.2, 0.25) is 0 Å². The minimum atomic E-state index is 0.0165. The second-order valence-electron chi connectivity index (χ2n) is 5.39. The number of amides is 1. The van der Waals surface area contributed by atoms with Crippen molar-refractivity contribution in [1.29, 1.82) is 0 Å². The average Bonchev–Trinajstić information content (AvgIpc) is 2.94. The summed E-state index contributed by atoms with van der Waals surface area (Å²) in [6.07, 6.45) is 4.41. The standard InChI is InChI=1S/C15H22BrN3O2/c1-2-5-17-14-13(8-12(16)9-18-14)15(21)19-6-3-11(10-19)4-7-20/h8-9,11,20H,2-7,10H2,1H3,(H,17,18). The molecule has 6 heteroatoms. The first kappa shape index (κ1) is 16.2. The molecule has 1 aromatic rings. The normalized spacial score (nSPS) is 18.0. The van der Waals surface area contributed by atoms with Gasteiger partial charge in [-0.15, -0.1) is 0 Å². The van der Waals surface area contributed by atoms with Gasteiger partial charge in [0.1, 0.15) is 5.82 Å². The molecule has 1 fully saturated rings. The molecule has 1 aliphatic heterocycles. The second-order valence-corrected chi connectivity index (χ2v) is 6.31. The van der Waals surface area contributed by atoms with Crippen molar-refractivity contribution in [2.24, 2.45) is 5.92 Å². The van der Waals surface area contributed by atoms with Gasteiger partial charge >= 0.3 is 0 Å². The largest absolute Gasteiger partial charge is 0.396 e. The molecule has 0 aromatic carbocycles. The Morgan fingerprint density at radius 2 is 2.43 bits per heavy atom. The lowest BCUT2D eigenvalue weighted by Crippen LogP contribution is -2.29. The Balaban J connectivity index is 2.12. The highest BCUT2D eigenvalue weighted by atomic mass is 79.9. The van der Waals surface area contributed by atoms with Crippen LogP contribution >= 0.6 is 15.9 Å². The maximum absolute atomic E-state index is 12.7. The van der Waals surface area contributed by atoms with Gasteiger partial charge in [0, 0.05) is 36.9 Å². The molecule has 1 aliphatic rings. The lowest BCUT2D eigenvalue weighted by Gasteiger charge is -2.18. The zero-order chi connectivity index (χ0) is 15.2. The van der Waals surface area contributed by atoms with Gasteiger partial charge in [0.25, 0.3) is 5.91 Å². The summed E-state index contributed by atoms with van der Waals surface area (Å²) in [6, 6.07) is 1.83. The van der Waals surface area contributed by atoms with E-state index in [1.807, 2.05) is 11.0 Å². The number of nitrogens with zero attached hydrogens (tertiary/aromatic N) is 2. The van der Waals surface area contributed by atoms with E-state index >= 15 is 0 Å². The highest BCUT2D eigenvalue weighted by Gasteiger charge is 2.28. The van der Waals surface area contributed by atoms with E-state index in [-0.39, 0.29) is 12.5 Å². The molecule has 5 nitrogen and oxygen atoms in total. The monoisotopic (exact) mass is 355 g/mol. The summed E-state index contributed by atoms with van der Waals surface area (Å²) in [5.74, 6) is 1.07. The number of carbonyl (C=O) groups excluding carboxylic acids is 1. The molecule has 116 valence electrons. The second kappa shape index (κ2) is 7.75. The number of aliphatic hydroxyl groups is 1. The number of anilines is 1. The SMILES string of the molecule is CCCNc1ncc(Br)cc1C(=O)N1CCC(CCO)C1. The lowest BCUT2D eigenvalue weighted by atomic mass is 10.1. The Morgan fingerprint density at radius 1 is 1.62 bits per heavy atom. The van der Waals surface area contributed by atoms with Crippen LogP contribution in [0.1, 0.15) is 36.5 Å². The van der Waals surface area contributed by atoms with Crippen molar-refractivity contribution in [2.75, 3.05) is 31.6 Å². The fourth-order valence-electron chi connectivity index (χ4n) is 2.59. The minimum Gasteiger partial charge on any atom is -0.396 e. The Labute approximate surface area is 133 Å². The molecule has 0 saturated carbocycles. The Hall–Kier alpha value is -1.14. The van der Waals surface area contributed by atoms with E-state index in [1.165, 1.54) is 0 Å².